The van der Waals surface area contributed by atoms with E-state index in [4.69, 9.17) is 0 Å². The number of aromatic nitrogens is 1. The van der Waals surface area contributed by atoms with Gasteiger partial charge in [0.05, 0.1) is 11.6 Å². The second-order valence-corrected chi connectivity index (χ2v) is 5.30. The van der Waals surface area contributed by atoms with E-state index >= 15 is 0 Å². The molecule has 2 nitrogen and oxygen atoms in total. The van der Waals surface area contributed by atoms with E-state index in [0.29, 0.717) is 0 Å². The Labute approximate surface area is 119 Å². The molecule has 0 aliphatic rings. The summed E-state index contributed by atoms with van der Waals surface area (Å²) >= 11 is 1.49. The second-order valence-electron chi connectivity index (χ2n) is 4.38. The zero-order chi connectivity index (χ0) is 14.6. The maximum absolute atomic E-state index is 12.6. The van der Waals surface area contributed by atoms with Crippen LogP contribution in [0.25, 0.3) is 0 Å². The summed E-state index contributed by atoms with van der Waals surface area (Å²) in [5, 5.41) is 6.03. The van der Waals surface area contributed by atoms with Gasteiger partial charge in [-0.25, -0.2) is 4.98 Å². The van der Waals surface area contributed by atoms with Crippen molar-refractivity contribution >= 4 is 11.3 Å². The fourth-order valence-corrected chi connectivity index (χ4v) is 2.62. The number of alkyl halides is 3. The van der Waals surface area contributed by atoms with Crippen LogP contribution in [0.3, 0.4) is 0 Å². The molecule has 0 spiro atoms. The molecule has 0 fully saturated rings. The van der Waals surface area contributed by atoms with Crippen LogP contribution in [0, 0.1) is 0 Å². The number of hydrogen-bond donors (Lipinski definition) is 1. The predicted molar refractivity (Wildman–Crippen MR) is 73.7 cm³/mol. The molecule has 0 saturated carbocycles. The molecule has 1 aromatic heterocycles. The van der Waals surface area contributed by atoms with E-state index in [1.165, 1.54) is 23.5 Å². The van der Waals surface area contributed by atoms with Crippen molar-refractivity contribution < 1.29 is 13.2 Å². The molecule has 1 N–H and O–H groups in total. The molecule has 0 bridgehead atoms. The van der Waals surface area contributed by atoms with Gasteiger partial charge >= 0.3 is 6.18 Å². The minimum Gasteiger partial charge on any atom is -0.304 e. The summed E-state index contributed by atoms with van der Waals surface area (Å²) in [7, 11) is 0. The number of halogens is 3. The van der Waals surface area contributed by atoms with E-state index in [1.807, 2.05) is 12.3 Å². The number of nitrogens with zero attached hydrogens (tertiary/aromatic N) is 1. The lowest BCUT2D eigenvalue weighted by molar-refractivity contribution is -0.137. The SMILES string of the molecule is CCCNC(c1ccc(C(F)(F)F)cc1)c1nccs1. The third kappa shape index (κ3) is 3.58. The van der Waals surface area contributed by atoms with Crippen molar-refractivity contribution in [2.24, 2.45) is 0 Å². The molecule has 1 aromatic carbocycles. The van der Waals surface area contributed by atoms with Crippen LogP contribution in [-0.4, -0.2) is 11.5 Å². The van der Waals surface area contributed by atoms with E-state index in [2.05, 4.69) is 10.3 Å². The summed E-state index contributed by atoms with van der Waals surface area (Å²) in [6, 6.07) is 5.10. The van der Waals surface area contributed by atoms with Gasteiger partial charge in [-0.05, 0) is 30.7 Å². The normalized spacial score (nSPS) is 13.4. The summed E-state index contributed by atoms with van der Waals surface area (Å²) in [4.78, 5) is 4.25. The topological polar surface area (TPSA) is 24.9 Å². The predicted octanol–water partition coefficient (Wildman–Crippen LogP) is 4.25. The van der Waals surface area contributed by atoms with Crippen LogP contribution in [0.15, 0.2) is 35.8 Å². The van der Waals surface area contributed by atoms with Gasteiger partial charge in [0, 0.05) is 11.6 Å². The van der Waals surface area contributed by atoms with Gasteiger partial charge < -0.3 is 5.32 Å². The standard InChI is InChI=1S/C14H15F3N2S/c1-2-7-18-12(13-19-8-9-20-13)10-3-5-11(6-4-10)14(15,16)17/h3-6,8-9,12,18H,2,7H2,1H3. The smallest absolute Gasteiger partial charge is 0.304 e. The fourth-order valence-electron chi connectivity index (χ4n) is 1.88. The van der Waals surface area contributed by atoms with Gasteiger partial charge in [0.2, 0.25) is 0 Å². The maximum atomic E-state index is 12.6. The quantitative estimate of drug-likeness (QED) is 0.893. The first-order valence-electron chi connectivity index (χ1n) is 6.32. The van der Waals surface area contributed by atoms with Crippen LogP contribution >= 0.6 is 11.3 Å². The monoisotopic (exact) mass is 300 g/mol. The van der Waals surface area contributed by atoms with E-state index in [9.17, 15) is 13.2 Å². The molecule has 1 unspecified atom stereocenters. The van der Waals surface area contributed by atoms with Gasteiger partial charge in [-0.1, -0.05) is 19.1 Å². The lowest BCUT2D eigenvalue weighted by atomic mass is 10.0. The number of nitrogens with one attached hydrogen (secondary N) is 1. The van der Waals surface area contributed by atoms with Crippen LogP contribution in [-0.2, 0) is 6.18 Å². The Bertz CT molecular complexity index is 520. The minimum atomic E-state index is -4.30. The van der Waals surface area contributed by atoms with Gasteiger partial charge in [0.25, 0.3) is 0 Å². The zero-order valence-electron chi connectivity index (χ0n) is 10.9. The highest BCUT2D eigenvalue weighted by Crippen LogP contribution is 2.31. The van der Waals surface area contributed by atoms with Crippen molar-refractivity contribution in [2.45, 2.75) is 25.6 Å². The van der Waals surface area contributed by atoms with Crippen molar-refractivity contribution in [2.75, 3.05) is 6.54 Å². The van der Waals surface area contributed by atoms with Crippen molar-refractivity contribution in [1.82, 2.24) is 10.3 Å². The molecule has 0 aliphatic heterocycles. The van der Waals surface area contributed by atoms with Crippen molar-refractivity contribution in [3.63, 3.8) is 0 Å². The first-order chi connectivity index (χ1) is 9.52. The van der Waals surface area contributed by atoms with Gasteiger partial charge in [-0.15, -0.1) is 11.3 Å². The summed E-state index contributed by atoms with van der Waals surface area (Å²) in [5.41, 5.74) is 0.163. The van der Waals surface area contributed by atoms with Gasteiger partial charge in [0.1, 0.15) is 5.01 Å². The average Bonchev–Trinajstić information content (AvgIpc) is 2.93. The Morgan fingerprint density at radius 2 is 1.95 bits per heavy atom. The van der Waals surface area contributed by atoms with Gasteiger partial charge in [-0.2, -0.15) is 13.2 Å². The third-order valence-electron chi connectivity index (χ3n) is 2.87. The summed E-state index contributed by atoms with van der Waals surface area (Å²) in [6.45, 7) is 2.82. The second kappa shape index (κ2) is 6.37. The lowest BCUT2D eigenvalue weighted by Crippen LogP contribution is -2.23. The Kier molecular flexibility index (Phi) is 4.77. The number of thiazole rings is 1. The first-order valence-corrected chi connectivity index (χ1v) is 7.20. The van der Waals surface area contributed by atoms with Crippen LogP contribution in [0.2, 0.25) is 0 Å². The largest absolute Gasteiger partial charge is 0.416 e. The highest BCUT2D eigenvalue weighted by Gasteiger charge is 2.30. The van der Waals surface area contributed by atoms with Crippen LogP contribution in [0.4, 0.5) is 13.2 Å². The maximum Gasteiger partial charge on any atom is 0.416 e. The molecular weight excluding hydrogens is 285 g/mol. The van der Waals surface area contributed by atoms with Gasteiger partial charge in [-0.3, -0.25) is 0 Å². The van der Waals surface area contributed by atoms with E-state index < -0.39 is 11.7 Å². The average molecular weight is 300 g/mol. The molecule has 0 saturated heterocycles. The van der Waals surface area contributed by atoms with Crippen molar-refractivity contribution in [3.8, 4) is 0 Å². The van der Waals surface area contributed by atoms with E-state index in [0.717, 1.165) is 35.7 Å². The highest BCUT2D eigenvalue weighted by molar-refractivity contribution is 7.09. The molecule has 0 amide bonds. The zero-order valence-corrected chi connectivity index (χ0v) is 11.8. The van der Waals surface area contributed by atoms with Crippen molar-refractivity contribution in [3.05, 3.63) is 52.0 Å². The Morgan fingerprint density at radius 3 is 2.45 bits per heavy atom. The van der Waals surface area contributed by atoms with Crippen LogP contribution < -0.4 is 5.32 Å². The van der Waals surface area contributed by atoms with Gasteiger partial charge in [0.15, 0.2) is 0 Å². The number of hydrogen-bond acceptors (Lipinski definition) is 3. The van der Waals surface area contributed by atoms with E-state index in [-0.39, 0.29) is 6.04 Å². The molecule has 1 heterocycles. The molecular formula is C14H15F3N2S. The Morgan fingerprint density at radius 1 is 1.25 bits per heavy atom. The van der Waals surface area contributed by atoms with Crippen molar-refractivity contribution in [1.29, 1.82) is 0 Å². The molecule has 1 atom stereocenters. The molecule has 2 rings (SSSR count). The fraction of sp³-hybridized carbons (Fsp3) is 0.357. The summed E-state index contributed by atoms with van der Waals surface area (Å²) < 4.78 is 37.7. The molecule has 6 heteroatoms. The number of benzene rings is 1. The molecule has 0 radical (unpaired) electrons. The Hall–Kier alpha value is -1.40. The van der Waals surface area contributed by atoms with Crippen LogP contribution in [0.1, 0.15) is 35.5 Å². The lowest BCUT2D eigenvalue weighted by Gasteiger charge is -2.17. The minimum absolute atomic E-state index is 0.155. The first kappa shape index (κ1) is 15.0. The van der Waals surface area contributed by atoms with E-state index in [1.54, 1.807) is 6.20 Å². The summed E-state index contributed by atoms with van der Waals surface area (Å²) in [5.74, 6) is 0. The molecule has 0 aliphatic carbocycles. The Balaban J connectivity index is 2.25. The summed E-state index contributed by atoms with van der Waals surface area (Å²) in [6.07, 6.45) is -1.65. The van der Waals surface area contributed by atoms with Crippen LogP contribution in [0.5, 0.6) is 0 Å². The molecule has 20 heavy (non-hydrogen) atoms. The molecule has 2 aromatic rings. The third-order valence-corrected chi connectivity index (χ3v) is 3.71. The highest BCUT2D eigenvalue weighted by atomic mass is 32.1. The number of rotatable bonds is 5. The molecule has 108 valence electrons.